The molecular weight excluding hydrogens is 196 g/mol. The van der Waals surface area contributed by atoms with Crippen LogP contribution in [0.1, 0.15) is 31.2 Å². The molecule has 2 aliphatic carbocycles. The highest BCUT2D eigenvalue weighted by Crippen LogP contribution is 2.37. The van der Waals surface area contributed by atoms with Crippen molar-refractivity contribution in [1.29, 1.82) is 0 Å². The summed E-state index contributed by atoms with van der Waals surface area (Å²) < 4.78 is 0. The summed E-state index contributed by atoms with van der Waals surface area (Å²) >= 11 is 0. The van der Waals surface area contributed by atoms with Crippen molar-refractivity contribution >= 4 is 5.69 Å². The van der Waals surface area contributed by atoms with E-state index in [4.69, 9.17) is 5.73 Å². The molecule has 0 aromatic heterocycles. The summed E-state index contributed by atoms with van der Waals surface area (Å²) in [5.41, 5.74) is 8.34. The van der Waals surface area contributed by atoms with Gasteiger partial charge < -0.3 is 10.6 Å². The minimum Gasteiger partial charge on any atom is -0.368 e. The maximum atomic E-state index is 5.71. The Morgan fingerprint density at radius 2 is 2.00 bits per heavy atom. The Bertz CT molecular complexity index is 367. The zero-order chi connectivity index (χ0) is 11.0. The molecule has 0 spiro atoms. The molecule has 0 unspecified atom stereocenters. The van der Waals surface area contributed by atoms with Crippen molar-refractivity contribution in [3.63, 3.8) is 0 Å². The van der Waals surface area contributed by atoms with Gasteiger partial charge in [-0.1, -0.05) is 12.1 Å². The van der Waals surface area contributed by atoms with Crippen LogP contribution in [0.4, 0.5) is 5.69 Å². The summed E-state index contributed by atoms with van der Waals surface area (Å²) in [6, 6.07) is 9.57. The fourth-order valence-corrected chi connectivity index (χ4v) is 2.29. The maximum Gasteiger partial charge on any atom is 0.0372 e. The normalized spacial score (nSPS) is 19.8. The van der Waals surface area contributed by atoms with E-state index in [-0.39, 0.29) is 0 Å². The molecule has 2 heteroatoms. The van der Waals surface area contributed by atoms with E-state index < -0.39 is 0 Å². The largest absolute Gasteiger partial charge is 0.368 e. The number of hydrogen-bond acceptors (Lipinski definition) is 2. The van der Waals surface area contributed by atoms with E-state index in [0.29, 0.717) is 6.54 Å². The van der Waals surface area contributed by atoms with Crippen LogP contribution < -0.4 is 10.6 Å². The number of nitrogens with two attached hydrogens (primary N) is 1. The van der Waals surface area contributed by atoms with Crippen molar-refractivity contribution in [3.8, 4) is 0 Å². The van der Waals surface area contributed by atoms with Gasteiger partial charge in [-0.3, -0.25) is 0 Å². The highest BCUT2D eigenvalue weighted by atomic mass is 15.2. The van der Waals surface area contributed by atoms with Gasteiger partial charge in [0.05, 0.1) is 0 Å². The predicted molar refractivity (Wildman–Crippen MR) is 67.4 cm³/mol. The molecule has 0 atom stereocenters. The Morgan fingerprint density at radius 3 is 2.62 bits per heavy atom. The van der Waals surface area contributed by atoms with E-state index in [2.05, 4.69) is 29.2 Å². The molecule has 0 heterocycles. The third-order valence-corrected chi connectivity index (χ3v) is 3.62. The zero-order valence-electron chi connectivity index (χ0n) is 9.73. The number of anilines is 1. The highest BCUT2D eigenvalue weighted by molar-refractivity contribution is 5.51. The summed E-state index contributed by atoms with van der Waals surface area (Å²) in [5.74, 6) is 0.960. The van der Waals surface area contributed by atoms with Gasteiger partial charge in [-0.25, -0.2) is 0 Å². The van der Waals surface area contributed by atoms with Crippen molar-refractivity contribution < 1.29 is 0 Å². The summed E-state index contributed by atoms with van der Waals surface area (Å²) in [6.07, 6.45) is 5.61. The van der Waals surface area contributed by atoms with Gasteiger partial charge in [0.15, 0.2) is 0 Å². The summed E-state index contributed by atoms with van der Waals surface area (Å²) in [6.45, 7) is 1.91. The quantitative estimate of drug-likeness (QED) is 0.819. The van der Waals surface area contributed by atoms with Crippen molar-refractivity contribution in [2.75, 3.05) is 11.4 Å². The van der Waals surface area contributed by atoms with E-state index in [0.717, 1.165) is 12.0 Å². The third kappa shape index (κ3) is 2.22. The molecule has 0 bridgehead atoms. The van der Waals surface area contributed by atoms with E-state index in [9.17, 15) is 0 Å². The van der Waals surface area contributed by atoms with Crippen LogP contribution in [0.5, 0.6) is 0 Å². The zero-order valence-corrected chi connectivity index (χ0v) is 9.73. The van der Waals surface area contributed by atoms with Gasteiger partial charge in [0, 0.05) is 24.8 Å². The second-order valence-electron chi connectivity index (χ2n) is 5.20. The molecule has 2 aliphatic rings. The monoisotopic (exact) mass is 216 g/mol. The first kappa shape index (κ1) is 10.2. The average molecular weight is 216 g/mol. The standard InChI is InChI=1S/C14H20N2/c15-9-12-2-1-3-14(8-12)16(13-6-7-13)10-11-4-5-11/h1-3,8,11,13H,4-7,9-10,15H2. The Labute approximate surface area is 97.4 Å². The predicted octanol–water partition coefficient (Wildman–Crippen LogP) is 2.52. The Kier molecular flexibility index (Phi) is 2.60. The molecule has 2 saturated carbocycles. The molecule has 86 valence electrons. The van der Waals surface area contributed by atoms with Crippen LogP contribution in [-0.4, -0.2) is 12.6 Å². The van der Waals surface area contributed by atoms with E-state index in [1.807, 2.05) is 0 Å². The SMILES string of the molecule is NCc1cccc(N(CC2CC2)C2CC2)c1. The molecule has 0 aliphatic heterocycles. The number of hydrogen-bond donors (Lipinski definition) is 1. The van der Waals surface area contributed by atoms with Gasteiger partial charge in [0.25, 0.3) is 0 Å². The van der Waals surface area contributed by atoms with Crippen LogP contribution in [0.2, 0.25) is 0 Å². The molecule has 0 amide bonds. The van der Waals surface area contributed by atoms with Gasteiger partial charge in [0.2, 0.25) is 0 Å². The van der Waals surface area contributed by atoms with Crippen LogP contribution in [0.15, 0.2) is 24.3 Å². The summed E-state index contributed by atoms with van der Waals surface area (Å²) in [4.78, 5) is 2.61. The molecule has 16 heavy (non-hydrogen) atoms. The Hall–Kier alpha value is -1.02. The molecule has 1 aromatic carbocycles. The second kappa shape index (κ2) is 4.10. The first-order valence-corrected chi connectivity index (χ1v) is 6.42. The summed E-state index contributed by atoms with van der Waals surface area (Å²) in [5, 5.41) is 0. The highest BCUT2D eigenvalue weighted by Gasteiger charge is 2.33. The van der Waals surface area contributed by atoms with Gasteiger partial charge in [0.1, 0.15) is 0 Å². The van der Waals surface area contributed by atoms with Crippen LogP contribution >= 0.6 is 0 Å². The lowest BCUT2D eigenvalue weighted by atomic mass is 10.1. The molecule has 2 nitrogen and oxygen atoms in total. The Morgan fingerprint density at radius 1 is 1.19 bits per heavy atom. The minimum atomic E-state index is 0.649. The van der Waals surface area contributed by atoms with Gasteiger partial charge in [-0.15, -0.1) is 0 Å². The topological polar surface area (TPSA) is 29.3 Å². The van der Waals surface area contributed by atoms with Crippen molar-refractivity contribution in [2.45, 2.75) is 38.3 Å². The number of nitrogens with zero attached hydrogens (tertiary/aromatic N) is 1. The minimum absolute atomic E-state index is 0.649. The second-order valence-corrected chi connectivity index (χ2v) is 5.20. The smallest absolute Gasteiger partial charge is 0.0372 e. The molecule has 3 rings (SSSR count). The molecule has 2 N–H and O–H groups in total. The first-order valence-electron chi connectivity index (χ1n) is 6.42. The number of rotatable bonds is 5. The van der Waals surface area contributed by atoms with Crippen LogP contribution in [0, 0.1) is 5.92 Å². The lowest BCUT2D eigenvalue weighted by Gasteiger charge is -2.25. The molecule has 0 radical (unpaired) electrons. The van der Waals surface area contributed by atoms with Crippen molar-refractivity contribution in [1.82, 2.24) is 0 Å². The Balaban J connectivity index is 1.79. The van der Waals surface area contributed by atoms with Crippen LogP contribution in [-0.2, 0) is 6.54 Å². The van der Waals surface area contributed by atoms with E-state index in [1.54, 1.807) is 0 Å². The van der Waals surface area contributed by atoms with Gasteiger partial charge >= 0.3 is 0 Å². The lowest BCUT2D eigenvalue weighted by Crippen LogP contribution is -2.28. The first-order chi connectivity index (χ1) is 7.86. The molecule has 2 fully saturated rings. The maximum absolute atomic E-state index is 5.71. The fourth-order valence-electron chi connectivity index (χ4n) is 2.29. The number of benzene rings is 1. The van der Waals surface area contributed by atoms with E-state index in [1.165, 1.54) is 43.5 Å². The average Bonchev–Trinajstić information content (AvgIpc) is 3.16. The van der Waals surface area contributed by atoms with Crippen molar-refractivity contribution in [3.05, 3.63) is 29.8 Å². The fraction of sp³-hybridized carbons (Fsp3) is 0.571. The van der Waals surface area contributed by atoms with Crippen molar-refractivity contribution in [2.24, 2.45) is 11.7 Å². The van der Waals surface area contributed by atoms with Crippen LogP contribution in [0.3, 0.4) is 0 Å². The summed E-state index contributed by atoms with van der Waals surface area (Å²) in [7, 11) is 0. The van der Waals surface area contributed by atoms with Crippen LogP contribution in [0.25, 0.3) is 0 Å². The molecule has 1 aromatic rings. The van der Waals surface area contributed by atoms with E-state index >= 15 is 0 Å². The van der Waals surface area contributed by atoms with Gasteiger partial charge in [-0.05, 0) is 49.3 Å². The lowest BCUT2D eigenvalue weighted by molar-refractivity contribution is 0.718. The third-order valence-electron chi connectivity index (χ3n) is 3.62. The van der Waals surface area contributed by atoms with Gasteiger partial charge in [-0.2, -0.15) is 0 Å². The molecule has 0 saturated heterocycles. The molecular formula is C14H20N2.